The van der Waals surface area contributed by atoms with Crippen molar-refractivity contribution in [2.45, 2.75) is 32.2 Å². The van der Waals surface area contributed by atoms with Crippen molar-refractivity contribution in [2.75, 3.05) is 26.8 Å². The number of carboxylic acids is 1. The van der Waals surface area contributed by atoms with E-state index in [4.69, 9.17) is 5.11 Å². The number of nitrogens with one attached hydrogen (secondary N) is 1. The lowest BCUT2D eigenvalue weighted by Gasteiger charge is -2.16. The monoisotopic (exact) mass is 241 g/mol. The third-order valence-corrected chi connectivity index (χ3v) is 2.81. The summed E-state index contributed by atoms with van der Waals surface area (Å²) in [7, 11) is 2.09. The van der Waals surface area contributed by atoms with Gasteiger partial charge in [-0.25, -0.2) is 0 Å². The largest absolute Gasteiger partial charge is 0.480 e. The zero-order valence-corrected chi connectivity index (χ0v) is 10.7. The van der Waals surface area contributed by atoms with E-state index in [1.165, 1.54) is 13.0 Å². The van der Waals surface area contributed by atoms with Crippen molar-refractivity contribution in [3.8, 4) is 0 Å². The number of hydrogen-bond donors (Lipinski definition) is 2. The topological polar surface area (TPSA) is 55.8 Å². The molecule has 2 N–H and O–H groups in total. The summed E-state index contributed by atoms with van der Waals surface area (Å²) in [6.45, 7) is 5.30. The third kappa shape index (κ3) is 5.08. The summed E-state index contributed by atoms with van der Waals surface area (Å²) < 4.78 is 0. The molecule has 0 spiro atoms. The van der Waals surface area contributed by atoms with Gasteiger partial charge in [-0.05, 0) is 25.8 Å². The molecular weight excluding hydrogens is 218 g/mol. The maximum atomic E-state index is 10.1. The average Bonchev–Trinajstić information content (AvgIpc) is 2.90. The summed E-state index contributed by atoms with van der Waals surface area (Å²) in [6.07, 6.45) is 7.27. The van der Waals surface area contributed by atoms with E-state index in [0.29, 0.717) is 0 Å². The maximum Gasteiger partial charge on any atom is 0.320 e. The molecule has 0 aromatic heterocycles. The molecule has 2 rings (SSSR count). The van der Waals surface area contributed by atoms with Gasteiger partial charge >= 0.3 is 5.97 Å². The first-order valence-corrected chi connectivity index (χ1v) is 6.22. The van der Waals surface area contributed by atoms with E-state index in [1.54, 1.807) is 0 Å². The highest BCUT2D eigenvalue weighted by atomic mass is 16.4. The Bertz CT molecular complexity index is 262. The third-order valence-electron chi connectivity index (χ3n) is 2.81. The molecule has 98 valence electrons. The Kier molecular flexibility index (Phi) is 5.83. The Labute approximate surface area is 103 Å². The Hall–Kier alpha value is -1.23. The van der Waals surface area contributed by atoms with Crippen LogP contribution in [0.1, 0.15) is 26.2 Å². The molecule has 5 heteroatoms. The van der Waals surface area contributed by atoms with Gasteiger partial charge in [0.2, 0.25) is 0 Å². The zero-order valence-electron chi connectivity index (χ0n) is 10.7. The Morgan fingerprint density at radius 3 is 2.65 bits per heavy atom. The van der Waals surface area contributed by atoms with Crippen LogP contribution >= 0.6 is 0 Å². The Balaban J connectivity index is 0.000000171. The van der Waals surface area contributed by atoms with Crippen LogP contribution in [0.3, 0.4) is 0 Å². The molecule has 1 saturated heterocycles. The van der Waals surface area contributed by atoms with Crippen molar-refractivity contribution in [2.24, 2.45) is 0 Å². The molecule has 2 aliphatic heterocycles. The van der Waals surface area contributed by atoms with Crippen LogP contribution in [0.4, 0.5) is 0 Å². The van der Waals surface area contributed by atoms with Gasteiger partial charge in [-0.15, -0.1) is 0 Å². The van der Waals surface area contributed by atoms with Gasteiger partial charge in [0.1, 0.15) is 6.04 Å². The van der Waals surface area contributed by atoms with E-state index in [-0.39, 0.29) is 6.04 Å². The fourth-order valence-electron chi connectivity index (χ4n) is 1.92. The van der Waals surface area contributed by atoms with Crippen molar-refractivity contribution in [1.29, 1.82) is 0 Å². The van der Waals surface area contributed by atoms with Crippen LogP contribution in [0.15, 0.2) is 12.4 Å². The number of rotatable bonds is 3. The van der Waals surface area contributed by atoms with Gasteiger partial charge in [0.05, 0.1) is 6.67 Å². The van der Waals surface area contributed by atoms with E-state index >= 15 is 0 Å². The van der Waals surface area contributed by atoms with E-state index < -0.39 is 5.97 Å². The van der Waals surface area contributed by atoms with Gasteiger partial charge in [0, 0.05) is 26.0 Å². The standard InChI is InChI=1S/C7H14N2.C5H9NO2/c1-3-4-9-6-5-8(2)7-9;7-5(8)4-2-1-3-6-4/h5-6H,3-4,7H2,1-2H3;4,6H,1-3H2,(H,7,8)/t;4-/m.0/s1. The molecule has 0 radical (unpaired) electrons. The first-order valence-electron chi connectivity index (χ1n) is 6.22. The first kappa shape index (κ1) is 13.8. The molecule has 0 aliphatic carbocycles. The second-order valence-electron chi connectivity index (χ2n) is 4.50. The molecule has 1 fully saturated rings. The summed E-state index contributed by atoms with van der Waals surface area (Å²) in [6, 6.07) is -0.269. The van der Waals surface area contributed by atoms with E-state index in [2.05, 4.69) is 41.5 Å². The second kappa shape index (κ2) is 7.17. The van der Waals surface area contributed by atoms with Crippen LogP contribution in [0.25, 0.3) is 0 Å². The number of carboxylic acid groups (broad SMARTS) is 1. The Morgan fingerprint density at radius 2 is 2.29 bits per heavy atom. The number of aliphatic carboxylic acids is 1. The molecular formula is C12H23N3O2. The first-order chi connectivity index (χ1) is 8.13. The van der Waals surface area contributed by atoms with Crippen molar-refractivity contribution in [3.05, 3.63) is 12.4 Å². The molecule has 0 unspecified atom stereocenters. The zero-order chi connectivity index (χ0) is 12.7. The van der Waals surface area contributed by atoms with Crippen LogP contribution in [0.5, 0.6) is 0 Å². The van der Waals surface area contributed by atoms with Gasteiger partial charge in [-0.1, -0.05) is 6.92 Å². The lowest BCUT2D eigenvalue weighted by Crippen LogP contribution is -2.29. The Morgan fingerprint density at radius 1 is 1.53 bits per heavy atom. The molecule has 0 aromatic carbocycles. The molecule has 0 bridgehead atoms. The maximum absolute atomic E-state index is 10.1. The van der Waals surface area contributed by atoms with E-state index in [9.17, 15) is 4.79 Å². The average molecular weight is 241 g/mol. The highest BCUT2D eigenvalue weighted by molar-refractivity contribution is 5.73. The number of carbonyl (C=O) groups is 1. The van der Waals surface area contributed by atoms with Gasteiger partial charge in [0.25, 0.3) is 0 Å². The van der Waals surface area contributed by atoms with Crippen LogP contribution in [0.2, 0.25) is 0 Å². The van der Waals surface area contributed by atoms with Gasteiger partial charge < -0.3 is 20.2 Å². The van der Waals surface area contributed by atoms with Crippen molar-refractivity contribution in [3.63, 3.8) is 0 Å². The van der Waals surface area contributed by atoms with Crippen molar-refractivity contribution < 1.29 is 9.90 Å². The van der Waals surface area contributed by atoms with Crippen molar-refractivity contribution >= 4 is 5.97 Å². The molecule has 0 amide bonds. The van der Waals surface area contributed by atoms with Gasteiger partial charge in [0.15, 0.2) is 0 Å². The van der Waals surface area contributed by atoms with Gasteiger partial charge in [-0.2, -0.15) is 0 Å². The van der Waals surface area contributed by atoms with Crippen LogP contribution in [0, 0.1) is 0 Å². The summed E-state index contributed by atoms with van der Waals surface area (Å²) >= 11 is 0. The summed E-state index contributed by atoms with van der Waals surface area (Å²) in [5.41, 5.74) is 0. The molecule has 17 heavy (non-hydrogen) atoms. The molecule has 5 nitrogen and oxygen atoms in total. The normalized spacial score (nSPS) is 22.6. The highest BCUT2D eigenvalue weighted by Gasteiger charge is 2.20. The minimum Gasteiger partial charge on any atom is -0.480 e. The lowest BCUT2D eigenvalue weighted by atomic mass is 10.2. The fourth-order valence-corrected chi connectivity index (χ4v) is 1.92. The molecule has 0 aromatic rings. The molecule has 0 saturated carbocycles. The van der Waals surface area contributed by atoms with Crippen LogP contribution in [-0.2, 0) is 4.79 Å². The van der Waals surface area contributed by atoms with Crippen molar-refractivity contribution in [1.82, 2.24) is 15.1 Å². The van der Waals surface area contributed by atoms with E-state index in [0.717, 1.165) is 26.1 Å². The molecule has 2 aliphatic rings. The number of hydrogen-bond acceptors (Lipinski definition) is 4. The lowest BCUT2D eigenvalue weighted by molar-refractivity contribution is -0.139. The van der Waals surface area contributed by atoms with Crippen LogP contribution in [-0.4, -0.2) is 53.7 Å². The quantitative estimate of drug-likeness (QED) is 0.768. The number of nitrogens with zero attached hydrogens (tertiary/aromatic N) is 2. The SMILES string of the molecule is CCCN1C=CN(C)C1.O=C(O)[C@@H]1CCCN1. The predicted molar refractivity (Wildman–Crippen MR) is 67.4 cm³/mol. The van der Waals surface area contributed by atoms with E-state index in [1.807, 2.05) is 0 Å². The minimum absolute atomic E-state index is 0.269. The second-order valence-corrected chi connectivity index (χ2v) is 4.50. The highest BCUT2D eigenvalue weighted by Crippen LogP contribution is 2.03. The molecule has 1 atom stereocenters. The summed E-state index contributed by atoms with van der Waals surface area (Å²) in [5, 5.41) is 11.2. The fraction of sp³-hybridized carbons (Fsp3) is 0.750. The molecule has 2 heterocycles. The minimum atomic E-state index is -0.720. The summed E-state index contributed by atoms with van der Waals surface area (Å²) in [5.74, 6) is -0.720. The van der Waals surface area contributed by atoms with Gasteiger partial charge in [-0.3, -0.25) is 4.79 Å². The summed E-state index contributed by atoms with van der Waals surface area (Å²) in [4.78, 5) is 14.6. The smallest absolute Gasteiger partial charge is 0.320 e. The predicted octanol–water partition coefficient (Wildman–Crippen LogP) is 0.896. The van der Waals surface area contributed by atoms with Crippen LogP contribution < -0.4 is 5.32 Å².